The number of aliphatic hydroxyl groups excluding tert-OH is 2. The van der Waals surface area contributed by atoms with Crippen molar-refractivity contribution < 1.29 is 24.5 Å². The molecular formula is C12H13NO5. The molecule has 0 bridgehead atoms. The number of aliphatic hydroxyl groups is 2. The molecule has 0 aliphatic carbocycles. The number of hydrogen-bond donors (Lipinski definition) is 3. The van der Waals surface area contributed by atoms with E-state index in [0.717, 1.165) is 0 Å². The molecule has 1 aromatic rings. The van der Waals surface area contributed by atoms with Gasteiger partial charge in [-0.3, -0.25) is 4.79 Å². The Bertz CT molecular complexity index is 447. The highest BCUT2D eigenvalue weighted by Crippen LogP contribution is 2.10. The third kappa shape index (κ3) is 2.49. The minimum atomic E-state index is -1.47. The van der Waals surface area contributed by atoms with Gasteiger partial charge in [0.1, 0.15) is 12.7 Å². The van der Waals surface area contributed by atoms with Gasteiger partial charge in [-0.25, -0.2) is 4.79 Å². The summed E-state index contributed by atoms with van der Waals surface area (Å²) in [6.45, 7) is -0.183. The fourth-order valence-corrected chi connectivity index (χ4v) is 1.69. The third-order valence-electron chi connectivity index (χ3n) is 2.74. The van der Waals surface area contributed by atoms with E-state index in [4.69, 9.17) is 4.74 Å². The van der Waals surface area contributed by atoms with E-state index in [1.807, 2.05) is 0 Å². The molecule has 1 aromatic carbocycles. The third-order valence-corrected chi connectivity index (χ3v) is 2.74. The average Bonchev–Trinajstić information content (AvgIpc) is 2.64. The second-order valence-electron chi connectivity index (χ2n) is 4.01. The van der Waals surface area contributed by atoms with Crippen molar-refractivity contribution >= 4 is 11.9 Å². The Morgan fingerprint density at radius 3 is 2.50 bits per heavy atom. The van der Waals surface area contributed by atoms with Gasteiger partial charge in [0.15, 0.2) is 6.10 Å². The Hall–Kier alpha value is -1.92. The van der Waals surface area contributed by atoms with Crippen molar-refractivity contribution in [3.8, 4) is 0 Å². The standard InChI is InChI=1S/C12H13NO5/c14-9-8(13-11(16)10(9)15)6-18-12(17)7-4-2-1-3-5-7/h1-5,8-10,14-15H,6H2,(H,13,16)/t8-,9+,10+/m1/s1. The molecule has 1 aliphatic heterocycles. The van der Waals surface area contributed by atoms with E-state index in [0.29, 0.717) is 5.56 Å². The van der Waals surface area contributed by atoms with Crippen molar-refractivity contribution in [2.75, 3.05) is 6.61 Å². The van der Waals surface area contributed by atoms with E-state index >= 15 is 0 Å². The van der Waals surface area contributed by atoms with E-state index in [2.05, 4.69) is 5.32 Å². The van der Waals surface area contributed by atoms with Gasteiger partial charge in [0.2, 0.25) is 0 Å². The summed E-state index contributed by atoms with van der Waals surface area (Å²) in [5.41, 5.74) is 0.386. The zero-order valence-electron chi connectivity index (χ0n) is 9.45. The molecule has 1 fully saturated rings. The molecular weight excluding hydrogens is 238 g/mol. The van der Waals surface area contributed by atoms with Crippen LogP contribution in [0.4, 0.5) is 0 Å². The Kier molecular flexibility index (Phi) is 3.59. The first kappa shape index (κ1) is 12.5. The van der Waals surface area contributed by atoms with Gasteiger partial charge in [0.05, 0.1) is 11.6 Å². The molecule has 0 unspecified atom stereocenters. The molecule has 0 saturated carbocycles. The largest absolute Gasteiger partial charge is 0.460 e. The van der Waals surface area contributed by atoms with Crippen molar-refractivity contribution in [2.45, 2.75) is 18.2 Å². The Balaban J connectivity index is 1.89. The monoisotopic (exact) mass is 251 g/mol. The van der Waals surface area contributed by atoms with Crippen LogP contribution in [0.1, 0.15) is 10.4 Å². The highest BCUT2D eigenvalue weighted by molar-refractivity contribution is 5.89. The zero-order chi connectivity index (χ0) is 13.1. The topological polar surface area (TPSA) is 95.9 Å². The first-order chi connectivity index (χ1) is 8.59. The predicted octanol–water partition coefficient (Wildman–Crippen LogP) is -0.936. The molecule has 1 heterocycles. The van der Waals surface area contributed by atoms with Crippen LogP contribution in [-0.4, -0.2) is 46.9 Å². The molecule has 18 heavy (non-hydrogen) atoms. The van der Waals surface area contributed by atoms with Gasteiger partial charge in [-0.05, 0) is 12.1 Å². The van der Waals surface area contributed by atoms with Crippen molar-refractivity contribution in [1.82, 2.24) is 5.32 Å². The second kappa shape index (κ2) is 5.16. The molecule has 3 atom stereocenters. The number of hydrogen-bond acceptors (Lipinski definition) is 5. The van der Waals surface area contributed by atoms with Crippen LogP contribution in [0.5, 0.6) is 0 Å². The molecule has 0 spiro atoms. The fraction of sp³-hybridized carbons (Fsp3) is 0.333. The maximum atomic E-state index is 11.6. The molecule has 0 radical (unpaired) electrons. The van der Waals surface area contributed by atoms with Crippen LogP contribution in [-0.2, 0) is 9.53 Å². The summed E-state index contributed by atoms with van der Waals surface area (Å²) in [6, 6.07) is 7.59. The first-order valence-corrected chi connectivity index (χ1v) is 5.48. The first-order valence-electron chi connectivity index (χ1n) is 5.48. The van der Waals surface area contributed by atoms with Crippen molar-refractivity contribution in [3.05, 3.63) is 35.9 Å². The summed E-state index contributed by atoms with van der Waals surface area (Å²) in [5.74, 6) is -1.21. The highest BCUT2D eigenvalue weighted by Gasteiger charge is 2.40. The Morgan fingerprint density at radius 2 is 1.94 bits per heavy atom. The smallest absolute Gasteiger partial charge is 0.338 e. The van der Waals surface area contributed by atoms with Gasteiger partial charge in [0, 0.05) is 0 Å². The SMILES string of the molecule is O=C(OC[C@H]1NC(=O)[C@@H](O)[C@H]1O)c1ccccc1. The van der Waals surface area contributed by atoms with Gasteiger partial charge in [-0.1, -0.05) is 18.2 Å². The van der Waals surface area contributed by atoms with Crippen molar-refractivity contribution in [3.63, 3.8) is 0 Å². The molecule has 96 valence electrons. The van der Waals surface area contributed by atoms with Crippen LogP contribution in [0.3, 0.4) is 0 Å². The molecule has 1 saturated heterocycles. The number of esters is 1. The second-order valence-corrected chi connectivity index (χ2v) is 4.01. The number of amides is 1. The van der Waals surface area contributed by atoms with Crippen LogP contribution in [0.2, 0.25) is 0 Å². The van der Waals surface area contributed by atoms with Crippen LogP contribution in [0.25, 0.3) is 0 Å². The fourth-order valence-electron chi connectivity index (χ4n) is 1.69. The van der Waals surface area contributed by atoms with Gasteiger partial charge in [-0.15, -0.1) is 0 Å². The predicted molar refractivity (Wildman–Crippen MR) is 60.7 cm³/mol. The lowest BCUT2D eigenvalue weighted by Crippen LogP contribution is -2.37. The number of rotatable bonds is 3. The van der Waals surface area contributed by atoms with Gasteiger partial charge < -0.3 is 20.3 Å². The molecule has 0 aromatic heterocycles. The van der Waals surface area contributed by atoms with E-state index in [-0.39, 0.29) is 6.61 Å². The van der Waals surface area contributed by atoms with E-state index < -0.39 is 30.1 Å². The van der Waals surface area contributed by atoms with E-state index in [1.54, 1.807) is 30.3 Å². The lowest BCUT2D eigenvalue weighted by Gasteiger charge is -2.14. The summed E-state index contributed by atoms with van der Waals surface area (Å²) in [6.07, 6.45) is -2.73. The minimum absolute atomic E-state index is 0.183. The van der Waals surface area contributed by atoms with Crippen LogP contribution >= 0.6 is 0 Å². The summed E-state index contributed by atoms with van der Waals surface area (Å²) >= 11 is 0. The minimum Gasteiger partial charge on any atom is -0.460 e. The lowest BCUT2D eigenvalue weighted by molar-refractivity contribution is -0.128. The molecule has 3 N–H and O–H groups in total. The molecule has 6 heteroatoms. The average molecular weight is 251 g/mol. The highest BCUT2D eigenvalue weighted by atomic mass is 16.5. The van der Waals surface area contributed by atoms with Crippen LogP contribution in [0.15, 0.2) is 30.3 Å². The molecule has 6 nitrogen and oxygen atoms in total. The molecule has 2 rings (SSSR count). The number of ether oxygens (including phenoxy) is 1. The summed E-state index contributed by atoms with van der Waals surface area (Å²) < 4.78 is 4.95. The number of carbonyl (C=O) groups excluding carboxylic acids is 2. The van der Waals surface area contributed by atoms with Gasteiger partial charge >= 0.3 is 5.97 Å². The number of benzene rings is 1. The number of nitrogens with one attached hydrogen (secondary N) is 1. The van der Waals surface area contributed by atoms with E-state index in [1.165, 1.54) is 0 Å². The normalized spacial score (nSPS) is 26.8. The number of carbonyl (C=O) groups is 2. The van der Waals surface area contributed by atoms with Crippen LogP contribution in [0, 0.1) is 0 Å². The molecule has 1 aliphatic rings. The lowest BCUT2D eigenvalue weighted by atomic mass is 10.1. The quantitative estimate of drug-likeness (QED) is 0.603. The summed E-state index contributed by atoms with van der Waals surface area (Å²) in [5, 5.41) is 21.0. The van der Waals surface area contributed by atoms with E-state index in [9.17, 15) is 19.8 Å². The van der Waals surface area contributed by atoms with Crippen LogP contribution < -0.4 is 5.32 Å². The summed E-state index contributed by atoms with van der Waals surface area (Å²) in [4.78, 5) is 22.6. The maximum absolute atomic E-state index is 11.6. The Labute approximate surface area is 103 Å². The van der Waals surface area contributed by atoms with Crippen molar-refractivity contribution in [2.24, 2.45) is 0 Å². The van der Waals surface area contributed by atoms with Gasteiger partial charge in [-0.2, -0.15) is 0 Å². The summed E-state index contributed by atoms with van der Waals surface area (Å²) in [7, 11) is 0. The maximum Gasteiger partial charge on any atom is 0.338 e. The zero-order valence-corrected chi connectivity index (χ0v) is 9.45. The Morgan fingerprint density at radius 1 is 1.28 bits per heavy atom. The molecule has 1 amide bonds. The van der Waals surface area contributed by atoms with Crippen molar-refractivity contribution in [1.29, 1.82) is 0 Å². The van der Waals surface area contributed by atoms with Gasteiger partial charge in [0.25, 0.3) is 5.91 Å².